The molecule has 0 spiro atoms. The van der Waals surface area contributed by atoms with Gasteiger partial charge in [-0.1, -0.05) is 11.8 Å². The number of thioether (sulfide) groups is 1. The highest BCUT2D eigenvalue weighted by Crippen LogP contribution is 2.28. The molecule has 4 rings (SSSR count). The lowest BCUT2D eigenvalue weighted by Crippen LogP contribution is -2.14. The number of imidazole rings is 1. The number of H-pyrrole nitrogens is 2. The van der Waals surface area contributed by atoms with Gasteiger partial charge in [0.2, 0.25) is 11.8 Å². The van der Waals surface area contributed by atoms with Gasteiger partial charge in [0, 0.05) is 10.0 Å². The van der Waals surface area contributed by atoms with E-state index in [1.165, 1.54) is 24.3 Å². The first-order valence-electron chi connectivity index (χ1n) is 8.60. The number of aromatic nitrogens is 4. The molecule has 0 aliphatic rings. The summed E-state index contributed by atoms with van der Waals surface area (Å²) in [6.07, 6.45) is 0. The molecule has 13 heteroatoms. The number of halogens is 3. The number of amides is 1. The molecule has 0 atom stereocenters. The molecule has 2 aromatic carbocycles. The van der Waals surface area contributed by atoms with Gasteiger partial charge >= 0.3 is 12.3 Å². The van der Waals surface area contributed by atoms with Crippen LogP contribution in [0.1, 0.15) is 0 Å². The summed E-state index contributed by atoms with van der Waals surface area (Å²) in [5.74, 6) is -0.137. The van der Waals surface area contributed by atoms with Crippen LogP contribution in [0.15, 0.2) is 55.3 Å². The second-order valence-electron chi connectivity index (χ2n) is 6.07. The molecule has 0 radical (unpaired) electrons. The van der Waals surface area contributed by atoms with Crippen molar-refractivity contribution in [2.24, 2.45) is 0 Å². The predicted molar refractivity (Wildman–Crippen MR) is 112 cm³/mol. The topological polar surface area (TPSA) is 126 Å². The molecule has 160 valence electrons. The Morgan fingerprint density at radius 3 is 2.61 bits per heavy atom. The Hall–Kier alpha value is -3.19. The maximum Gasteiger partial charge on any atom is 0.387 e. The van der Waals surface area contributed by atoms with E-state index in [1.807, 2.05) is 0 Å². The minimum Gasteiger partial charge on any atom is -0.435 e. The molecule has 1 amide bonds. The largest absolute Gasteiger partial charge is 0.435 e. The molecule has 4 aromatic rings. The maximum absolute atomic E-state index is 12.3. The van der Waals surface area contributed by atoms with Gasteiger partial charge in [0.1, 0.15) is 5.75 Å². The Labute approximate surface area is 184 Å². The number of hydrogen-bond acceptors (Lipinski definition) is 7. The first kappa shape index (κ1) is 21.1. The molecule has 0 unspecified atom stereocenters. The van der Waals surface area contributed by atoms with E-state index in [1.54, 1.807) is 12.1 Å². The highest BCUT2D eigenvalue weighted by atomic mass is 79.9. The second-order valence-corrected chi connectivity index (χ2v) is 7.85. The lowest BCUT2D eigenvalue weighted by atomic mass is 10.2. The number of anilines is 1. The molecule has 0 saturated carbocycles. The van der Waals surface area contributed by atoms with Crippen LogP contribution in [0, 0.1) is 0 Å². The Bertz CT molecular complexity index is 1290. The van der Waals surface area contributed by atoms with Crippen LogP contribution in [0.4, 0.5) is 14.5 Å². The number of carbonyl (C=O) groups excluding carboxylic acids is 1. The number of rotatable bonds is 7. The number of fused-ring (bicyclic) bond motifs is 1. The van der Waals surface area contributed by atoms with Gasteiger partial charge in [0.15, 0.2) is 0 Å². The average molecular weight is 512 g/mol. The van der Waals surface area contributed by atoms with E-state index in [0.29, 0.717) is 26.8 Å². The molecule has 31 heavy (non-hydrogen) atoms. The summed E-state index contributed by atoms with van der Waals surface area (Å²) in [4.78, 5) is 28.9. The summed E-state index contributed by atoms with van der Waals surface area (Å²) < 4.78 is 34.8. The van der Waals surface area contributed by atoms with Crippen molar-refractivity contribution in [3.05, 3.63) is 51.4 Å². The zero-order valence-corrected chi connectivity index (χ0v) is 17.7. The first-order valence-corrected chi connectivity index (χ1v) is 10.4. The van der Waals surface area contributed by atoms with E-state index in [4.69, 9.17) is 4.42 Å². The quantitative estimate of drug-likeness (QED) is 0.320. The molecular formula is C18H12BrF2N5O4S. The van der Waals surface area contributed by atoms with E-state index in [2.05, 4.69) is 46.1 Å². The van der Waals surface area contributed by atoms with E-state index >= 15 is 0 Å². The molecule has 0 fully saturated rings. The van der Waals surface area contributed by atoms with Crippen LogP contribution in [-0.2, 0) is 4.79 Å². The first-order chi connectivity index (χ1) is 14.9. The molecule has 9 nitrogen and oxygen atoms in total. The molecule has 0 saturated heterocycles. The summed E-state index contributed by atoms with van der Waals surface area (Å²) in [5.41, 5.74) is 1.83. The molecule has 2 heterocycles. The number of ether oxygens (including phenoxy) is 1. The lowest BCUT2D eigenvalue weighted by Gasteiger charge is -2.06. The Morgan fingerprint density at radius 2 is 1.90 bits per heavy atom. The molecule has 0 aliphatic heterocycles. The third kappa shape index (κ3) is 5.11. The van der Waals surface area contributed by atoms with E-state index in [9.17, 15) is 18.4 Å². The monoisotopic (exact) mass is 511 g/mol. The van der Waals surface area contributed by atoms with Crippen molar-refractivity contribution in [1.82, 2.24) is 20.2 Å². The van der Waals surface area contributed by atoms with Crippen LogP contribution in [-0.4, -0.2) is 38.4 Å². The highest BCUT2D eigenvalue weighted by Gasteiger charge is 2.14. The van der Waals surface area contributed by atoms with Gasteiger partial charge in [-0.15, -0.1) is 10.2 Å². The van der Waals surface area contributed by atoms with E-state index in [-0.39, 0.29) is 34.2 Å². The van der Waals surface area contributed by atoms with Crippen LogP contribution in [0.2, 0.25) is 0 Å². The van der Waals surface area contributed by atoms with Gasteiger partial charge < -0.3 is 24.4 Å². The zero-order chi connectivity index (χ0) is 22.0. The smallest absolute Gasteiger partial charge is 0.387 e. The Morgan fingerprint density at radius 1 is 1.19 bits per heavy atom. The standard InChI is InChI=1S/C18H12BrF2N5O4S/c19-10-5-12-13(24-17(28)23-12)6-11(10)22-14(27)7-31-18-26-25-15(30-18)8-1-3-9(4-2-8)29-16(20)21/h1-6,16H,7H2,(H,22,27)(H2,23,24,28). The normalized spacial score (nSPS) is 11.2. The summed E-state index contributed by atoms with van der Waals surface area (Å²) in [6.45, 7) is -2.91. The van der Waals surface area contributed by atoms with Crippen molar-refractivity contribution in [1.29, 1.82) is 0 Å². The van der Waals surface area contributed by atoms with Crippen molar-refractivity contribution in [3.63, 3.8) is 0 Å². The number of nitrogens with zero attached hydrogens (tertiary/aromatic N) is 2. The van der Waals surface area contributed by atoms with Crippen molar-refractivity contribution >= 4 is 50.3 Å². The third-order valence-electron chi connectivity index (χ3n) is 3.94. The molecule has 0 aliphatic carbocycles. The fraction of sp³-hybridized carbons (Fsp3) is 0.111. The number of aromatic amines is 2. The number of nitrogens with one attached hydrogen (secondary N) is 3. The van der Waals surface area contributed by atoms with Crippen molar-refractivity contribution in [3.8, 4) is 17.2 Å². The van der Waals surface area contributed by atoms with Crippen molar-refractivity contribution < 1.29 is 22.7 Å². The minimum atomic E-state index is -2.91. The summed E-state index contributed by atoms with van der Waals surface area (Å²) in [7, 11) is 0. The maximum atomic E-state index is 12.3. The Balaban J connectivity index is 1.36. The average Bonchev–Trinajstić information content (AvgIpc) is 3.32. The number of carbonyl (C=O) groups is 1. The van der Waals surface area contributed by atoms with Gasteiger partial charge in [-0.2, -0.15) is 8.78 Å². The predicted octanol–water partition coefficient (Wildman–Crippen LogP) is 4.00. The second kappa shape index (κ2) is 8.89. The van der Waals surface area contributed by atoms with Crippen LogP contribution in [0.25, 0.3) is 22.5 Å². The fourth-order valence-corrected chi connectivity index (χ4v) is 3.63. The van der Waals surface area contributed by atoms with Crippen molar-refractivity contribution in [2.45, 2.75) is 11.8 Å². The lowest BCUT2D eigenvalue weighted by molar-refractivity contribution is -0.113. The minimum absolute atomic E-state index is 0.00304. The highest BCUT2D eigenvalue weighted by molar-refractivity contribution is 9.10. The van der Waals surface area contributed by atoms with Gasteiger partial charge in [-0.25, -0.2) is 4.79 Å². The van der Waals surface area contributed by atoms with Gasteiger partial charge in [-0.05, 0) is 52.3 Å². The zero-order valence-electron chi connectivity index (χ0n) is 15.3. The fourth-order valence-electron chi connectivity index (χ4n) is 2.63. The van der Waals surface area contributed by atoms with Crippen molar-refractivity contribution in [2.75, 3.05) is 11.1 Å². The molecular weight excluding hydrogens is 500 g/mol. The Kier molecular flexibility index (Phi) is 6.04. The van der Waals surface area contributed by atoms with Crippen LogP contribution >= 0.6 is 27.7 Å². The summed E-state index contributed by atoms with van der Waals surface area (Å²) in [5, 5.41) is 10.7. The number of benzene rings is 2. The van der Waals surface area contributed by atoms with Crippen LogP contribution in [0.5, 0.6) is 5.75 Å². The van der Waals surface area contributed by atoms with Gasteiger partial charge in [0.05, 0.1) is 22.5 Å². The molecule has 3 N–H and O–H groups in total. The summed E-state index contributed by atoms with van der Waals surface area (Å²) >= 11 is 4.38. The van der Waals surface area contributed by atoms with Gasteiger partial charge in [-0.3, -0.25) is 4.79 Å². The van der Waals surface area contributed by atoms with Gasteiger partial charge in [0.25, 0.3) is 5.22 Å². The SMILES string of the molecule is O=C(CSc1nnc(-c2ccc(OC(F)F)cc2)o1)Nc1cc2[nH]c(=O)[nH]c2cc1Br. The van der Waals surface area contributed by atoms with Crippen LogP contribution < -0.4 is 15.7 Å². The third-order valence-corrected chi connectivity index (χ3v) is 5.41. The molecule has 2 aromatic heterocycles. The number of hydrogen-bond donors (Lipinski definition) is 3. The van der Waals surface area contributed by atoms with E-state index in [0.717, 1.165) is 11.8 Å². The molecule has 0 bridgehead atoms. The number of alkyl halides is 2. The van der Waals surface area contributed by atoms with Crippen LogP contribution in [0.3, 0.4) is 0 Å². The summed E-state index contributed by atoms with van der Waals surface area (Å²) in [6, 6.07) is 9.04. The van der Waals surface area contributed by atoms with E-state index < -0.39 is 6.61 Å².